The first kappa shape index (κ1) is 18.2. The maximum Gasteiger partial charge on any atom is 0.329 e. The predicted octanol–water partition coefficient (Wildman–Crippen LogP) is 1.89. The van der Waals surface area contributed by atoms with E-state index >= 15 is 0 Å². The summed E-state index contributed by atoms with van der Waals surface area (Å²) in [5.41, 5.74) is 4.02. The number of amides is 2. The highest BCUT2D eigenvalue weighted by Crippen LogP contribution is 2.15. The lowest BCUT2D eigenvalue weighted by molar-refractivity contribution is -0.139. The molecule has 130 valence electrons. The highest BCUT2D eigenvalue weighted by molar-refractivity contribution is 6.35. The van der Waals surface area contributed by atoms with Crippen LogP contribution in [0.2, 0.25) is 0 Å². The van der Waals surface area contributed by atoms with E-state index in [9.17, 15) is 9.59 Å². The number of para-hydroxylation sites is 1. The van der Waals surface area contributed by atoms with E-state index in [1.54, 1.807) is 6.07 Å². The molecule has 2 rings (SSSR count). The Labute approximate surface area is 146 Å². The highest BCUT2D eigenvalue weighted by Gasteiger charge is 2.11. The lowest BCUT2D eigenvalue weighted by Gasteiger charge is -2.06. The molecule has 6 nitrogen and oxygen atoms in total. The van der Waals surface area contributed by atoms with E-state index < -0.39 is 11.8 Å². The Kier molecular flexibility index (Phi) is 7.18. The number of carbonyl (C=O) groups excluding carboxylic acids is 2. The van der Waals surface area contributed by atoms with E-state index in [1.165, 1.54) is 6.21 Å². The topological polar surface area (TPSA) is 79.8 Å². The molecule has 0 bridgehead atoms. The molecule has 2 aromatic rings. The number of nitrogens with one attached hydrogen (secondary N) is 2. The molecule has 2 N–H and O–H groups in total. The summed E-state index contributed by atoms with van der Waals surface area (Å²) >= 11 is 0. The number of benzene rings is 2. The molecule has 2 amide bonds. The lowest BCUT2D eigenvalue weighted by atomic mass is 10.1. The number of nitrogens with zero attached hydrogens (tertiary/aromatic N) is 1. The van der Waals surface area contributed by atoms with Crippen molar-refractivity contribution in [1.29, 1.82) is 0 Å². The van der Waals surface area contributed by atoms with Crippen LogP contribution in [0.5, 0.6) is 5.75 Å². The monoisotopic (exact) mass is 339 g/mol. The molecule has 0 saturated carbocycles. The van der Waals surface area contributed by atoms with Gasteiger partial charge >= 0.3 is 11.8 Å². The number of hydrogen-bond acceptors (Lipinski definition) is 4. The third-order valence-corrected chi connectivity index (χ3v) is 3.34. The molecule has 0 aliphatic rings. The second-order valence-corrected chi connectivity index (χ2v) is 5.16. The second kappa shape index (κ2) is 9.87. The molecule has 0 heterocycles. The average Bonchev–Trinajstić information content (AvgIpc) is 2.64. The normalized spacial score (nSPS) is 10.4. The van der Waals surface area contributed by atoms with E-state index in [0.717, 1.165) is 5.56 Å². The fourth-order valence-electron chi connectivity index (χ4n) is 2.13. The maximum atomic E-state index is 11.7. The minimum Gasteiger partial charge on any atom is -0.493 e. The standard InChI is InChI=1S/C19H21N3O3/c1-2-25-17-11-7-6-10-16(17)14-21-22-19(24)18(23)20-13-12-15-8-4-3-5-9-15/h3-11,14H,2,12-13H2,1H3,(H,20,23)(H,22,24)/b21-14+. The quantitative estimate of drug-likeness (QED) is 0.459. The molecule has 0 aliphatic heterocycles. The summed E-state index contributed by atoms with van der Waals surface area (Å²) in [6.45, 7) is 2.80. The molecule has 0 fully saturated rings. The molecule has 6 heteroatoms. The van der Waals surface area contributed by atoms with Crippen LogP contribution in [0.25, 0.3) is 0 Å². The third kappa shape index (κ3) is 6.10. The van der Waals surface area contributed by atoms with Gasteiger partial charge < -0.3 is 10.1 Å². The zero-order valence-corrected chi connectivity index (χ0v) is 14.1. The van der Waals surface area contributed by atoms with Crippen molar-refractivity contribution in [3.63, 3.8) is 0 Å². The van der Waals surface area contributed by atoms with Crippen LogP contribution in [0.15, 0.2) is 59.7 Å². The van der Waals surface area contributed by atoms with Crippen molar-refractivity contribution in [3.8, 4) is 5.75 Å². The Bertz CT molecular complexity index is 730. The molecular formula is C19H21N3O3. The van der Waals surface area contributed by atoms with Gasteiger partial charge in [-0.3, -0.25) is 9.59 Å². The Morgan fingerprint density at radius 1 is 1.04 bits per heavy atom. The summed E-state index contributed by atoms with van der Waals surface area (Å²) in [4.78, 5) is 23.4. The summed E-state index contributed by atoms with van der Waals surface area (Å²) in [5, 5.41) is 6.37. The van der Waals surface area contributed by atoms with Gasteiger partial charge in [0.1, 0.15) is 5.75 Å². The summed E-state index contributed by atoms with van der Waals surface area (Å²) in [7, 11) is 0. The van der Waals surface area contributed by atoms with Gasteiger partial charge in [-0.15, -0.1) is 0 Å². The molecule has 0 spiro atoms. The summed E-state index contributed by atoms with van der Waals surface area (Å²) in [5.74, 6) is -0.861. The maximum absolute atomic E-state index is 11.7. The van der Waals surface area contributed by atoms with Crippen LogP contribution in [-0.2, 0) is 16.0 Å². The van der Waals surface area contributed by atoms with Crippen molar-refractivity contribution in [2.45, 2.75) is 13.3 Å². The number of ether oxygens (including phenoxy) is 1. The van der Waals surface area contributed by atoms with Gasteiger partial charge in [0.2, 0.25) is 0 Å². The smallest absolute Gasteiger partial charge is 0.329 e. The van der Waals surface area contributed by atoms with E-state index in [4.69, 9.17) is 4.74 Å². The molecule has 25 heavy (non-hydrogen) atoms. The van der Waals surface area contributed by atoms with E-state index in [0.29, 0.717) is 30.9 Å². The van der Waals surface area contributed by atoms with E-state index in [2.05, 4.69) is 15.8 Å². The van der Waals surface area contributed by atoms with E-state index in [-0.39, 0.29) is 0 Å². The molecule has 0 aliphatic carbocycles. The molecule has 0 unspecified atom stereocenters. The summed E-state index contributed by atoms with van der Waals surface area (Å²) < 4.78 is 5.45. The van der Waals surface area contributed by atoms with Crippen LogP contribution in [0.4, 0.5) is 0 Å². The Morgan fingerprint density at radius 2 is 1.76 bits per heavy atom. The zero-order valence-electron chi connectivity index (χ0n) is 14.1. The predicted molar refractivity (Wildman–Crippen MR) is 96.5 cm³/mol. The van der Waals surface area contributed by atoms with Crippen LogP contribution in [0, 0.1) is 0 Å². The van der Waals surface area contributed by atoms with Crippen LogP contribution in [0.1, 0.15) is 18.1 Å². The van der Waals surface area contributed by atoms with Gasteiger partial charge in [-0.2, -0.15) is 5.10 Å². The number of hydrogen-bond donors (Lipinski definition) is 2. The van der Waals surface area contributed by atoms with E-state index in [1.807, 2.05) is 55.5 Å². The number of carbonyl (C=O) groups is 2. The fourth-order valence-corrected chi connectivity index (χ4v) is 2.13. The minimum absolute atomic E-state index is 0.382. The van der Waals surface area contributed by atoms with Crippen molar-refractivity contribution >= 4 is 18.0 Å². The average molecular weight is 339 g/mol. The van der Waals surface area contributed by atoms with Gasteiger partial charge in [-0.05, 0) is 31.0 Å². The van der Waals surface area contributed by atoms with Crippen LogP contribution < -0.4 is 15.5 Å². The van der Waals surface area contributed by atoms with Gasteiger partial charge in [0.25, 0.3) is 0 Å². The highest BCUT2D eigenvalue weighted by atomic mass is 16.5. The Morgan fingerprint density at radius 3 is 2.52 bits per heavy atom. The van der Waals surface area contributed by atoms with Crippen molar-refractivity contribution < 1.29 is 14.3 Å². The molecule has 0 radical (unpaired) electrons. The van der Waals surface area contributed by atoms with Crippen molar-refractivity contribution in [1.82, 2.24) is 10.7 Å². The number of hydrazone groups is 1. The van der Waals surface area contributed by atoms with Gasteiger partial charge in [-0.1, -0.05) is 42.5 Å². The lowest BCUT2D eigenvalue weighted by Crippen LogP contribution is -2.38. The SMILES string of the molecule is CCOc1ccccc1/C=N/NC(=O)C(=O)NCCc1ccccc1. The zero-order chi connectivity index (χ0) is 17.9. The summed E-state index contributed by atoms with van der Waals surface area (Å²) in [6.07, 6.45) is 2.10. The number of rotatable bonds is 7. The molecule has 0 atom stereocenters. The van der Waals surface area contributed by atoms with Gasteiger partial charge in [0.15, 0.2) is 0 Å². The van der Waals surface area contributed by atoms with Crippen molar-refractivity contribution in [2.75, 3.05) is 13.2 Å². The Balaban J connectivity index is 1.78. The third-order valence-electron chi connectivity index (χ3n) is 3.34. The van der Waals surface area contributed by atoms with Crippen LogP contribution in [0.3, 0.4) is 0 Å². The second-order valence-electron chi connectivity index (χ2n) is 5.16. The van der Waals surface area contributed by atoms with Crippen molar-refractivity contribution in [3.05, 3.63) is 65.7 Å². The Hall–Kier alpha value is -3.15. The fraction of sp³-hybridized carbons (Fsp3) is 0.211. The largest absolute Gasteiger partial charge is 0.493 e. The molecule has 0 aromatic heterocycles. The minimum atomic E-state index is -0.807. The van der Waals surface area contributed by atoms with Crippen LogP contribution in [-0.4, -0.2) is 31.2 Å². The van der Waals surface area contributed by atoms with Crippen LogP contribution >= 0.6 is 0 Å². The van der Waals surface area contributed by atoms with Gasteiger partial charge in [-0.25, -0.2) is 5.43 Å². The first-order valence-corrected chi connectivity index (χ1v) is 8.07. The molecule has 0 saturated heterocycles. The van der Waals surface area contributed by atoms with Gasteiger partial charge in [0, 0.05) is 12.1 Å². The molecular weight excluding hydrogens is 318 g/mol. The van der Waals surface area contributed by atoms with Crippen molar-refractivity contribution in [2.24, 2.45) is 5.10 Å². The van der Waals surface area contributed by atoms with Gasteiger partial charge in [0.05, 0.1) is 12.8 Å². The molecule has 2 aromatic carbocycles. The first-order chi connectivity index (χ1) is 12.2. The summed E-state index contributed by atoms with van der Waals surface area (Å²) in [6, 6.07) is 17.0. The first-order valence-electron chi connectivity index (χ1n) is 8.07.